The molecule has 0 aromatic carbocycles. The average molecular weight is 190 g/mol. The third-order valence-electron chi connectivity index (χ3n) is 1.53. The molecule has 1 rings (SSSR count). The molecule has 1 heterocycles. The van der Waals surface area contributed by atoms with Crippen LogP contribution in [0.4, 0.5) is 0 Å². The fraction of sp³-hybridized carbons (Fsp3) is 0.600. The number of hydrogen-bond acceptors (Lipinski definition) is 4. The molecule has 0 bridgehead atoms. The minimum absolute atomic E-state index is 0.361. The van der Waals surface area contributed by atoms with E-state index in [4.69, 9.17) is 5.14 Å². The molecule has 0 saturated carbocycles. The van der Waals surface area contributed by atoms with Gasteiger partial charge in [-0.15, -0.1) is 5.10 Å². The summed E-state index contributed by atoms with van der Waals surface area (Å²) in [5, 5.41) is 11.3. The van der Waals surface area contributed by atoms with Crippen molar-refractivity contribution < 1.29 is 8.42 Å². The van der Waals surface area contributed by atoms with Crippen molar-refractivity contribution in [2.45, 2.75) is 12.2 Å². The summed E-state index contributed by atoms with van der Waals surface area (Å²) in [6, 6.07) is 0. The first-order valence-corrected chi connectivity index (χ1v) is 4.90. The highest BCUT2D eigenvalue weighted by molar-refractivity contribution is 7.89. The standard InChI is InChI=1S/C5H10N4O2S/c1-4(12(6,10)11)5-3-9(2)8-7-5/h3-4H,1-2H3,(H2,6,10,11). The Morgan fingerprint density at radius 1 is 1.67 bits per heavy atom. The first kappa shape index (κ1) is 9.14. The second kappa shape index (κ2) is 2.83. The second-order valence-electron chi connectivity index (χ2n) is 2.55. The SMILES string of the molecule is CC(c1cn(C)nn1)S(N)(=O)=O. The van der Waals surface area contributed by atoms with E-state index in [0.29, 0.717) is 5.69 Å². The molecule has 0 aliphatic rings. The fourth-order valence-corrected chi connectivity index (χ4v) is 1.16. The average Bonchev–Trinajstić information content (AvgIpc) is 2.32. The molecule has 0 amide bonds. The van der Waals surface area contributed by atoms with Crippen LogP contribution < -0.4 is 5.14 Å². The number of hydrogen-bond donors (Lipinski definition) is 1. The van der Waals surface area contributed by atoms with Gasteiger partial charge in [-0.25, -0.2) is 13.6 Å². The summed E-state index contributed by atoms with van der Waals surface area (Å²) in [4.78, 5) is 0. The van der Waals surface area contributed by atoms with Crippen LogP contribution in [0.2, 0.25) is 0 Å². The highest BCUT2D eigenvalue weighted by atomic mass is 32.2. The van der Waals surface area contributed by atoms with Gasteiger partial charge in [0, 0.05) is 13.2 Å². The number of primary sulfonamides is 1. The van der Waals surface area contributed by atoms with Gasteiger partial charge in [0.05, 0.1) is 0 Å². The van der Waals surface area contributed by atoms with Crippen molar-refractivity contribution in [3.63, 3.8) is 0 Å². The van der Waals surface area contributed by atoms with Crippen molar-refractivity contribution in [3.8, 4) is 0 Å². The van der Waals surface area contributed by atoms with E-state index in [1.54, 1.807) is 7.05 Å². The van der Waals surface area contributed by atoms with Crippen LogP contribution in [-0.2, 0) is 17.1 Å². The third kappa shape index (κ3) is 1.80. The van der Waals surface area contributed by atoms with E-state index >= 15 is 0 Å². The van der Waals surface area contributed by atoms with Crippen molar-refractivity contribution in [1.82, 2.24) is 15.0 Å². The Morgan fingerprint density at radius 3 is 2.58 bits per heavy atom. The molecule has 0 aliphatic carbocycles. The molecule has 0 saturated heterocycles. The quantitative estimate of drug-likeness (QED) is 0.658. The number of nitrogens with zero attached hydrogens (tertiary/aromatic N) is 3. The van der Waals surface area contributed by atoms with Gasteiger partial charge in [-0.3, -0.25) is 4.68 Å². The third-order valence-corrected chi connectivity index (χ3v) is 2.76. The maximum atomic E-state index is 10.8. The van der Waals surface area contributed by atoms with Gasteiger partial charge in [-0.2, -0.15) is 0 Å². The summed E-state index contributed by atoms with van der Waals surface area (Å²) in [6.45, 7) is 1.47. The maximum Gasteiger partial charge on any atom is 0.217 e. The fourth-order valence-electron chi connectivity index (χ4n) is 0.720. The molecule has 0 spiro atoms. The van der Waals surface area contributed by atoms with Gasteiger partial charge in [-0.1, -0.05) is 5.21 Å². The van der Waals surface area contributed by atoms with Gasteiger partial charge in [0.1, 0.15) is 10.9 Å². The maximum absolute atomic E-state index is 10.8. The summed E-state index contributed by atoms with van der Waals surface area (Å²) in [6.07, 6.45) is 1.52. The molecule has 1 unspecified atom stereocenters. The zero-order valence-corrected chi connectivity index (χ0v) is 7.61. The van der Waals surface area contributed by atoms with Crippen LogP contribution in [0.15, 0.2) is 6.20 Å². The van der Waals surface area contributed by atoms with Gasteiger partial charge >= 0.3 is 0 Å². The molecule has 68 valence electrons. The van der Waals surface area contributed by atoms with Crippen molar-refractivity contribution in [1.29, 1.82) is 0 Å². The molecule has 7 heteroatoms. The first-order valence-electron chi connectivity index (χ1n) is 3.29. The van der Waals surface area contributed by atoms with E-state index in [1.807, 2.05) is 0 Å². The molecule has 12 heavy (non-hydrogen) atoms. The Kier molecular flexibility index (Phi) is 2.16. The van der Waals surface area contributed by atoms with Gasteiger partial charge < -0.3 is 0 Å². The van der Waals surface area contributed by atoms with Crippen LogP contribution in [-0.4, -0.2) is 23.4 Å². The van der Waals surface area contributed by atoms with Gasteiger partial charge in [0.15, 0.2) is 0 Å². The number of aromatic nitrogens is 3. The lowest BCUT2D eigenvalue weighted by Gasteiger charge is -2.02. The van der Waals surface area contributed by atoms with E-state index in [1.165, 1.54) is 17.8 Å². The summed E-state index contributed by atoms with van der Waals surface area (Å²) < 4.78 is 23.1. The molecule has 1 aromatic rings. The van der Waals surface area contributed by atoms with Crippen molar-refractivity contribution in [3.05, 3.63) is 11.9 Å². The van der Waals surface area contributed by atoms with Crippen molar-refractivity contribution in [2.75, 3.05) is 0 Å². The Hall–Kier alpha value is -0.950. The molecule has 2 N–H and O–H groups in total. The highest BCUT2D eigenvalue weighted by Crippen LogP contribution is 2.14. The van der Waals surface area contributed by atoms with Crippen LogP contribution >= 0.6 is 0 Å². The first-order chi connectivity index (χ1) is 5.41. The summed E-state index contributed by atoms with van der Waals surface area (Å²) in [7, 11) is -1.90. The Bertz CT molecular complexity index is 369. The lowest BCUT2D eigenvalue weighted by Crippen LogP contribution is -2.19. The zero-order valence-electron chi connectivity index (χ0n) is 6.80. The minimum Gasteiger partial charge on any atom is -0.255 e. The van der Waals surface area contributed by atoms with E-state index in [9.17, 15) is 8.42 Å². The van der Waals surface area contributed by atoms with Crippen LogP contribution in [0.25, 0.3) is 0 Å². The van der Waals surface area contributed by atoms with Crippen molar-refractivity contribution >= 4 is 10.0 Å². The molecular weight excluding hydrogens is 180 g/mol. The molecule has 1 aromatic heterocycles. The number of sulfonamides is 1. The minimum atomic E-state index is -3.56. The summed E-state index contributed by atoms with van der Waals surface area (Å²) >= 11 is 0. The Morgan fingerprint density at radius 2 is 2.25 bits per heavy atom. The highest BCUT2D eigenvalue weighted by Gasteiger charge is 2.20. The topological polar surface area (TPSA) is 90.9 Å². The zero-order chi connectivity index (χ0) is 9.35. The van der Waals surface area contributed by atoms with Gasteiger partial charge in [0.25, 0.3) is 0 Å². The van der Waals surface area contributed by atoms with Crippen LogP contribution in [0.5, 0.6) is 0 Å². The predicted octanol–water partition coefficient (Wildman–Crippen LogP) is -0.835. The molecular formula is C5H10N4O2S. The molecule has 1 atom stereocenters. The normalized spacial score (nSPS) is 14.6. The lowest BCUT2D eigenvalue weighted by molar-refractivity contribution is 0.586. The molecule has 0 aliphatic heterocycles. The lowest BCUT2D eigenvalue weighted by atomic mass is 10.4. The van der Waals surface area contributed by atoms with Gasteiger partial charge in [0.2, 0.25) is 10.0 Å². The number of rotatable bonds is 2. The second-order valence-corrected chi connectivity index (χ2v) is 4.43. The van der Waals surface area contributed by atoms with E-state index in [0.717, 1.165) is 0 Å². The van der Waals surface area contributed by atoms with Crippen LogP contribution in [0.3, 0.4) is 0 Å². The summed E-state index contributed by atoms with van der Waals surface area (Å²) in [5.74, 6) is 0. The molecule has 0 fully saturated rings. The molecule has 0 radical (unpaired) electrons. The van der Waals surface area contributed by atoms with Gasteiger partial charge in [-0.05, 0) is 6.92 Å². The van der Waals surface area contributed by atoms with Crippen LogP contribution in [0, 0.1) is 0 Å². The number of nitrogens with two attached hydrogens (primary N) is 1. The monoisotopic (exact) mass is 190 g/mol. The van der Waals surface area contributed by atoms with Crippen molar-refractivity contribution in [2.24, 2.45) is 12.2 Å². The Balaban J connectivity index is 3.01. The summed E-state index contributed by atoms with van der Waals surface area (Å²) in [5.41, 5.74) is 0.361. The predicted molar refractivity (Wildman–Crippen MR) is 42.5 cm³/mol. The Labute approximate surface area is 70.4 Å². The molecule has 6 nitrogen and oxygen atoms in total. The smallest absolute Gasteiger partial charge is 0.217 e. The van der Waals surface area contributed by atoms with E-state index in [2.05, 4.69) is 10.3 Å². The van der Waals surface area contributed by atoms with E-state index in [-0.39, 0.29) is 0 Å². The number of aryl methyl sites for hydroxylation is 1. The van der Waals surface area contributed by atoms with E-state index < -0.39 is 15.3 Å². The van der Waals surface area contributed by atoms with Crippen LogP contribution in [0.1, 0.15) is 17.9 Å². The largest absolute Gasteiger partial charge is 0.255 e.